The second-order valence-electron chi connectivity index (χ2n) is 6.88. The highest BCUT2D eigenvalue weighted by Crippen LogP contribution is 2.33. The SMILES string of the molecule is O=C(c1ccc(CO)o1)N1CCCC(CCc2ccccc2C(F)(F)F)C1. The smallest absolute Gasteiger partial charge is 0.416 e. The lowest BCUT2D eigenvalue weighted by atomic mass is 9.90. The summed E-state index contributed by atoms with van der Waals surface area (Å²) in [6.07, 6.45) is -1.73. The molecule has 3 rings (SSSR count). The molecule has 1 aromatic heterocycles. The van der Waals surface area contributed by atoms with Gasteiger partial charge in [-0.1, -0.05) is 18.2 Å². The van der Waals surface area contributed by atoms with Crippen molar-refractivity contribution in [2.75, 3.05) is 13.1 Å². The van der Waals surface area contributed by atoms with E-state index < -0.39 is 11.7 Å². The number of rotatable bonds is 5. The Hall–Kier alpha value is -2.28. The minimum absolute atomic E-state index is 0.149. The van der Waals surface area contributed by atoms with Gasteiger partial charge in [0, 0.05) is 13.1 Å². The van der Waals surface area contributed by atoms with Crippen molar-refractivity contribution in [3.05, 3.63) is 59.0 Å². The fraction of sp³-hybridized carbons (Fsp3) is 0.450. The summed E-state index contributed by atoms with van der Waals surface area (Å²) in [5.41, 5.74) is -0.284. The van der Waals surface area contributed by atoms with Crippen LogP contribution in [0.3, 0.4) is 0 Å². The molecule has 1 saturated heterocycles. The van der Waals surface area contributed by atoms with Crippen LogP contribution in [0.4, 0.5) is 13.2 Å². The number of likely N-dealkylation sites (tertiary alicyclic amines) is 1. The van der Waals surface area contributed by atoms with Gasteiger partial charge >= 0.3 is 6.18 Å². The Kier molecular flexibility index (Phi) is 5.89. The van der Waals surface area contributed by atoms with Crippen molar-refractivity contribution in [2.24, 2.45) is 5.92 Å². The molecular formula is C20H22F3NO3. The fourth-order valence-electron chi connectivity index (χ4n) is 3.59. The summed E-state index contributed by atoms with van der Waals surface area (Å²) in [7, 11) is 0. The molecule has 7 heteroatoms. The molecule has 2 aromatic rings. The number of alkyl halides is 3. The van der Waals surface area contributed by atoms with Crippen LogP contribution < -0.4 is 0 Å². The molecule has 1 fully saturated rings. The Morgan fingerprint density at radius 2 is 2.00 bits per heavy atom. The standard InChI is InChI=1S/C20H22F3NO3/c21-20(22,23)17-6-2-1-5-15(17)8-7-14-4-3-11-24(12-14)19(26)18-10-9-16(13-25)27-18/h1-2,5-6,9-10,14,25H,3-4,7-8,11-13H2. The third kappa shape index (κ3) is 4.71. The first-order valence-corrected chi connectivity index (χ1v) is 9.02. The van der Waals surface area contributed by atoms with E-state index in [1.807, 2.05) is 0 Å². The monoisotopic (exact) mass is 381 g/mol. The highest BCUT2D eigenvalue weighted by molar-refractivity contribution is 5.91. The van der Waals surface area contributed by atoms with Gasteiger partial charge in [-0.15, -0.1) is 0 Å². The molecule has 0 aliphatic carbocycles. The van der Waals surface area contributed by atoms with Crippen LogP contribution >= 0.6 is 0 Å². The van der Waals surface area contributed by atoms with E-state index in [0.29, 0.717) is 37.3 Å². The van der Waals surface area contributed by atoms with Crippen LogP contribution in [0.25, 0.3) is 0 Å². The molecule has 1 aliphatic heterocycles. The predicted octanol–water partition coefficient (Wildman–Crippen LogP) is 4.28. The molecule has 0 bridgehead atoms. The zero-order valence-corrected chi connectivity index (χ0v) is 14.8. The average Bonchev–Trinajstić information content (AvgIpc) is 3.15. The Morgan fingerprint density at radius 3 is 2.70 bits per heavy atom. The maximum absolute atomic E-state index is 13.1. The fourth-order valence-corrected chi connectivity index (χ4v) is 3.59. The summed E-state index contributed by atoms with van der Waals surface area (Å²) in [6.45, 7) is 0.834. The number of halogens is 3. The first-order valence-electron chi connectivity index (χ1n) is 9.02. The summed E-state index contributed by atoms with van der Waals surface area (Å²) < 4.78 is 44.7. The lowest BCUT2D eigenvalue weighted by Gasteiger charge is -2.32. The van der Waals surface area contributed by atoms with E-state index in [0.717, 1.165) is 18.9 Å². The maximum Gasteiger partial charge on any atom is 0.416 e. The van der Waals surface area contributed by atoms with Gasteiger partial charge in [-0.2, -0.15) is 13.2 Å². The molecule has 0 spiro atoms. The number of piperidine rings is 1. The molecule has 1 aromatic carbocycles. The number of aliphatic hydroxyl groups excluding tert-OH is 1. The normalized spacial score (nSPS) is 17.9. The Morgan fingerprint density at radius 1 is 1.22 bits per heavy atom. The lowest BCUT2D eigenvalue weighted by molar-refractivity contribution is -0.138. The Balaban J connectivity index is 1.61. The van der Waals surface area contributed by atoms with Gasteiger partial charge in [0.25, 0.3) is 5.91 Å². The minimum atomic E-state index is -4.35. The highest BCUT2D eigenvalue weighted by atomic mass is 19.4. The number of hydrogen-bond donors (Lipinski definition) is 1. The first kappa shape index (κ1) is 19.5. The van der Waals surface area contributed by atoms with E-state index in [9.17, 15) is 18.0 Å². The van der Waals surface area contributed by atoms with E-state index in [4.69, 9.17) is 9.52 Å². The topological polar surface area (TPSA) is 53.7 Å². The number of amides is 1. The lowest BCUT2D eigenvalue weighted by Crippen LogP contribution is -2.40. The minimum Gasteiger partial charge on any atom is -0.453 e. The predicted molar refractivity (Wildman–Crippen MR) is 93.0 cm³/mol. The first-order chi connectivity index (χ1) is 12.9. The largest absolute Gasteiger partial charge is 0.453 e. The van der Waals surface area contributed by atoms with Gasteiger partial charge in [0.1, 0.15) is 12.4 Å². The zero-order chi connectivity index (χ0) is 19.4. The average molecular weight is 381 g/mol. The van der Waals surface area contributed by atoms with Crippen LogP contribution in [0.2, 0.25) is 0 Å². The molecule has 27 heavy (non-hydrogen) atoms. The zero-order valence-electron chi connectivity index (χ0n) is 14.8. The van der Waals surface area contributed by atoms with Gasteiger partial charge in [-0.05, 0) is 55.4 Å². The molecule has 1 amide bonds. The van der Waals surface area contributed by atoms with Crippen LogP contribution in [0, 0.1) is 5.92 Å². The van der Waals surface area contributed by atoms with Crippen molar-refractivity contribution in [1.29, 1.82) is 0 Å². The number of aryl methyl sites for hydroxylation is 1. The van der Waals surface area contributed by atoms with E-state index in [1.54, 1.807) is 17.0 Å². The molecule has 1 atom stereocenters. The van der Waals surface area contributed by atoms with E-state index in [2.05, 4.69) is 0 Å². The molecule has 2 heterocycles. The molecule has 1 N–H and O–H groups in total. The number of benzene rings is 1. The van der Waals surface area contributed by atoms with Crippen LogP contribution in [0.5, 0.6) is 0 Å². The quantitative estimate of drug-likeness (QED) is 0.841. The summed E-state index contributed by atoms with van der Waals surface area (Å²) >= 11 is 0. The number of furan rings is 1. The second kappa shape index (κ2) is 8.17. The summed E-state index contributed by atoms with van der Waals surface area (Å²) in [5, 5.41) is 9.04. The van der Waals surface area contributed by atoms with Gasteiger partial charge in [0.15, 0.2) is 5.76 Å². The highest BCUT2D eigenvalue weighted by Gasteiger charge is 2.33. The summed E-state index contributed by atoms with van der Waals surface area (Å²) in [6, 6.07) is 8.75. The van der Waals surface area contributed by atoms with Crippen LogP contribution in [-0.4, -0.2) is 29.0 Å². The van der Waals surface area contributed by atoms with Crippen LogP contribution in [0.15, 0.2) is 40.8 Å². The Labute approximate surface area is 155 Å². The van der Waals surface area contributed by atoms with Crippen molar-refractivity contribution < 1.29 is 27.5 Å². The molecule has 1 aliphatic rings. The number of hydrogen-bond acceptors (Lipinski definition) is 3. The molecule has 4 nitrogen and oxygen atoms in total. The van der Waals surface area contributed by atoms with Crippen molar-refractivity contribution in [3.8, 4) is 0 Å². The molecule has 0 radical (unpaired) electrons. The van der Waals surface area contributed by atoms with Gasteiger partial charge in [0.05, 0.1) is 5.56 Å². The number of aliphatic hydroxyl groups is 1. The molecule has 146 valence electrons. The molecule has 1 unspecified atom stereocenters. The van der Waals surface area contributed by atoms with E-state index in [1.165, 1.54) is 18.2 Å². The van der Waals surface area contributed by atoms with Crippen molar-refractivity contribution in [1.82, 2.24) is 4.90 Å². The number of nitrogens with zero attached hydrogens (tertiary/aromatic N) is 1. The van der Waals surface area contributed by atoms with Gasteiger partial charge < -0.3 is 14.4 Å². The summed E-state index contributed by atoms with van der Waals surface area (Å²) in [5.74, 6) is 0.421. The van der Waals surface area contributed by atoms with E-state index in [-0.39, 0.29) is 24.2 Å². The van der Waals surface area contributed by atoms with E-state index >= 15 is 0 Å². The Bertz CT molecular complexity index is 785. The molecule has 0 saturated carbocycles. The molecular weight excluding hydrogens is 359 g/mol. The second-order valence-corrected chi connectivity index (χ2v) is 6.88. The third-order valence-corrected chi connectivity index (χ3v) is 4.98. The van der Waals surface area contributed by atoms with Crippen LogP contribution in [-0.2, 0) is 19.2 Å². The van der Waals surface area contributed by atoms with Crippen molar-refractivity contribution >= 4 is 5.91 Å². The van der Waals surface area contributed by atoms with Gasteiger partial charge in [-0.25, -0.2) is 0 Å². The number of carbonyl (C=O) groups is 1. The number of carbonyl (C=O) groups excluding carboxylic acids is 1. The van der Waals surface area contributed by atoms with Gasteiger partial charge in [-0.3, -0.25) is 4.79 Å². The third-order valence-electron chi connectivity index (χ3n) is 4.98. The van der Waals surface area contributed by atoms with Gasteiger partial charge in [0.2, 0.25) is 0 Å². The van der Waals surface area contributed by atoms with Crippen LogP contribution in [0.1, 0.15) is 46.7 Å². The van der Waals surface area contributed by atoms with Crippen molar-refractivity contribution in [2.45, 2.75) is 38.5 Å². The maximum atomic E-state index is 13.1. The van der Waals surface area contributed by atoms with Crippen molar-refractivity contribution in [3.63, 3.8) is 0 Å². The summed E-state index contributed by atoms with van der Waals surface area (Å²) in [4.78, 5) is 14.2.